The van der Waals surface area contributed by atoms with Crippen molar-refractivity contribution in [3.05, 3.63) is 60.3 Å². The summed E-state index contributed by atoms with van der Waals surface area (Å²) in [6.07, 6.45) is 4.06. The van der Waals surface area contributed by atoms with Crippen molar-refractivity contribution >= 4 is 11.6 Å². The van der Waals surface area contributed by atoms with E-state index in [0.29, 0.717) is 29.0 Å². The molecule has 0 unspecified atom stereocenters. The molecular formula is C20H18N6O3. The van der Waals surface area contributed by atoms with Crippen molar-refractivity contribution in [1.82, 2.24) is 30.1 Å². The average molecular weight is 390 g/mol. The second-order valence-electron chi connectivity index (χ2n) is 6.87. The van der Waals surface area contributed by atoms with Crippen molar-refractivity contribution in [3.8, 4) is 17.2 Å². The zero-order valence-electron chi connectivity index (χ0n) is 15.5. The molecule has 1 aliphatic rings. The average Bonchev–Trinajstić information content (AvgIpc) is 3.34. The number of nitrogens with one attached hydrogen (secondary N) is 1. The molecule has 4 aromatic rings. The number of fused-ring (bicyclic) bond motifs is 1. The number of para-hydroxylation sites is 1. The molecule has 1 amide bonds. The molecule has 0 bridgehead atoms. The van der Waals surface area contributed by atoms with Crippen LogP contribution in [0.3, 0.4) is 0 Å². The van der Waals surface area contributed by atoms with E-state index >= 15 is 0 Å². The third kappa shape index (κ3) is 3.79. The summed E-state index contributed by atoms with van der Waals surface area (Å²) in [6, 6.07) is 12.9. The number of amides is 1. The molecule has 1 fully saturated rings. The quantitative estimate of drug-likeness (QED) is 0.516. The first-order chi connectivity index (χ1) is 14.3. The van der Waals surface area contributed by atoms with E-state index in [9.17, 15) is 4.79 Å². The van der Waals surface area contributed by atoms with Crippen LogP contribution in [0.2, 0.25) is 0 Å². The van der Waals surface area contributed by atoms with Crippen molar-refractivity contribution < 1.29 is 14.1 Å². The van der Waals surface area contributed by atoms with Gasteiger partial charge in [0, 0.05) is 17.7 Å². The SMILES string of the molecule is O=C(COc1ccccc1)NCc1nnc2cc(-c3nc(C4CC4)no3)ccn12. The van der Waals surface area contributed by atoms with Crippen molar-refractivity contribution in [2.45, 2.75) is 25.3 Å². The molecule has 9 heteroatoms. The molecule has 0 radical (unpaired) electrons. The Hall–Kier alpha value is -3.75. The zero-order chi connectivity index (χ0) is 19.6. The van der Waals surface area contributed by atoms with E-state index in [1.165, 1.54) is 0 Å². The minimum atomic E-state index is -0.235. The third-order valence-corrected chi connectivity index (χ3v) is 4.67. The van der Waals surface area contributed by atoms with Crippen molar-refractivity contribution in [2.24, 2.45) is 0 Å². The van der Waals surface area contributed by atoms with E-state index in [1.807, 2.05) is 36.5 Å². The summed E-state index contributed by atoms with van der Waals surface area (Å²) < 4.78 is 12.6. The molecule has 146 valence electrons. The van der Waals surface area contributed by atoms with E-state index in [-0.39, 0.29) is 19.1 Å². The molecule has 29 heavy (non-hydrogen) atoms. The lowest BCUT2D eigenvalue weighted by Gasteiger charge is -2.06. The second kappa shape index (κ2) is 7.34. The van der Waals surface area contributed by atoms with Crippen LogP contribution in [0.5, 0.6) is 5.75 Å². The first-order valence-corrected chi connectivity index (χ1v) is 9.38. The lowest BCUT2D eigenvalue weighted by Crippen LogP contribution is -2.29. The van der Waals surface area contributed by atoms with E-state index < -0.39 is 0 Å². The van der Waals surface area contributed by atoms with Crippen LogP contribution in [0.15, 0.2) is 53.2 Å². The maximum Gasteiger partial charge on any atom is 0.258 e. The number of aromatic nitrogens is 5. The van der Waals surface area contributed by atoms with Crippen LogP contribution >= 0.6 is 0 Å². The summed E-state index contributed by atoms with van der Waals surface area (Å²) in [7, 11) is 0. The standard InChI is InChI=1S/C20H18N6O3/c27-18(12-28-15-4-2-1-3-5-15)21-11-17-24-23-16-10-14(8-9-26(16)17)20-22-19(25-29-20)13-6-7-13/h1-5,8-10,13H,6-7,11-12H2,(H,21,27). The number of carbonyl (C=O) groups excluding carboxylic acids is 1. The van der Waals surface area contributed by atoms with Gasteiger partial charge in [0.2, 0.25) is 0 Å². The van der Waals surface area contributed by atoms with Crippen molar-refractivity contribution in [3.63, 3.8) is 0 Å². The number of nitrogens with zero attached hydrogens (tertiary/aromatic N) is 5. The van der Waals surface area contributed by atoms with Crippen LogP contribution in [0.4, 0.5) is 0 Å². The van der Waals surface area contributed by atoms with Gasteiger partial charge in [-0.05, 0) is 37.1 Å². The van der Waals surface area contributed by atoms with Crippen LogP contribution in [0.25, 0.3) is 17.1 Å². The number of pyridine rings is 1. The molecule has 3 aromatic heterocycles. The highest BCUT2D eigenvalue weighted by molar-refractivity contribution is 5.77. The van der Waals surface area contributed by atoms with Gasteiger partial charge in [-0.25, -0.2) is 0 Å². The lowest BCUT2D eigenvalue weighted by atomic mass is 10.2. The number of benzene rings is 1. The highest BCUT2D eigenvalue weighted by atomic mass is 16.5. The third-order valence-electron chi connectivity index (χ3n) is 4.67. The largest absolute Gasteiger partial charge is 0.484 e. The van der Waals surface area contributed by atoms with Gasteiger partial charge in [-0.15, -0.1) is 10.2 Å². The van der Waals surface area contributed by atoms with Gasteiger partial charge in [0.05, 0.1) is 6.54 Å². The van der Waals surface area contributed by atoms with E-state index in [4.69, 9.17) is 9.26 Å². The maximum absolute atomic E-state index is 12.0. The van der Waals surface area contributed by atoms with E-state index in [0.717, 1.165) is 24.2 Å². The molecule has 0 atom stereocenters. The number of rotatable bonds is 7. The summed E-state index contributed by atoms with van der Waals surface area (Å²) in [6.45, 7) is 0.176. The smallest absolute Gasteiger partial charge is 0.258 e. The minimum Gasteiger partial charge on any atom is -0.484 e. The summed E-state index contributed by atoms with van der Waals surface area (Å²) in [5.41, 5.74) is 1.43. The predicted octanol–water partition coefficient (Wildman–Crippen LogP) is 2.35. The van der Waals surface area contributed by atoms with Gasteiger partial charge in [-0.2, -0.15) is 4.98 Å². The molecule has 0 saturated heterocycles. The molecule has 1 aliphatic carbocycles. The molecule has 0 aliphatic heterocycles. The molecule has 5 rings (SSSR count). The zero-order valence-corrected chi connectivity index (χ0v) is 15.5. The van der Waals surface area contributed by atoms with Gasteiger partial charge in [-0.1, -0.05) is 23.4 Å². The summed E-state index contributed by atoms with van der Waals surface area (Å²) in [5, 5.41) is 15.2. The Bertz CT molecular complexity index is 1150. The lowest BCUT2D eigenvalue weighted by molar-refractivity contribution is -0.123. The fourth-order valence-electron chi connectivity index (χ4n) is 2.95. The molecule has 9 nitrogen and oxygen atoms in total. The summed E-state index contributed by atoms with van der Waals surface area (Å²) in [5.74, 6) is 2.71. The Morgan fingerprint density at radius 1 is 1.21 bits per heavy atom. The summed E-state index contributed by atoms with van der Waals surface area (Å²) in [4.78, 5) is 16.5. The van der Waals surface area contributed by atoms with Crippen molar-refractivity contribution in [2.75, 3.05) is 6.61 Å². The van der Waals surface area contributed by atoms with Crippen LogP contribution in [0, 0.1) is 0 Å². The monoisotopic (exact) mass is 390 g/mol. The Labute approximate surface area is 165 Å². The predicted molar refractivity (Wildman–Crippen MR) is 102 cm³/mol. The number of ether oxygens (including phenoxy) is 1. The van der Waals surface area contributed by atoms with Gasteiger partial charge in [0.25, 0.3) is 11.8 Å². The summed E-state index contributed by atoms with van der Waals surface area (Å²) >= 11 is 0. The van der Waals surface area contributed by atoms with Crippen LogP contribution in [0.1, 0.15) is 30.4 Å². The van der Waals surface area contributed by atoms with Crippen molar-refractivity contribution in [1.29, 1.82) is 0 Å². The first kappa shape index (κ1) is 17.4. The van der Waals surface area contributed by atoms with Gasteiger partial charge in [0.1, 0.15) is 5.75 Å². The highest BCUT2D eigenvalue weighted by Crippen LogP contribution is 2.38. The molecule has 1 saturated carbocycles. The van der Waals surface area contributed by atoms with Gasteiger partial charge in [0.15, 0.2) is 23.9 Å². The van der Waals surface area contributed by atoms with Gasteiger partial charge < -0.3 is 14.6 Å². The maximum atomic E-state index is 12.0. The fourth-order valence-corrected chi connectivity index (χ4v) is 2.95. The van der Waals surface area contributed by atoms with Crippen LogP contribution < -0.4 is 10.1 Å². The highest BCUT2D eigenvalue weighted by Gasteiger charge is 2.29. The van der Waals surface area contributed by atoms with Gasteiger partial charge >= 0.3 is 0 Å². The Morgan fingerprint density at radius 2 is 2.07 bits per heavy atom. The number of carbonyl (C=O) groups is 1. The Morgan fingerprint density at radius 3 is 2.90 bits per heavy atom. The Balaban J connectivity index is 1.23. The molecule has 3 heterocycles. The number of hydrogen-bond donors (Lipinski definition) is 1. The molecule has 1 N–H and O–H groups in total. The van der Waals surface area contributed by atoms with Crippen LogP contribution in [-0.2, 0) is 11.3 Å². The minimum absolute atomic E-state index is 0.0641. The number of hydrogen-bond acceptors (Lipinski definition) is 7. The fraction of sp³-hybridized carbons (Fsp3) is 0.250. The second-order valence-corrected chi connectivity index (χ2v) is 6.87. The van der Waals surface area contributed by atoms with E-state index in [2.05, 4.69) is 25.7 Å². The van der Waals surface area contributed by atoms with Gasteiger partial charge in [-0.3, -0.25) is 9.20 Å². The first-order valence-electron chi connectivity index (χ1n) is 9.38. The van der Waals surface area contributed by atoms with E-state index in [1.54, 1.807) is 16.5 Å². The molecule has 0 spiro atoms. The normalized spacial score (nSPS) is 13.5. The Kier molecular flexibility index (Phi) is 4.39. The molecule has 1 aromatic carbocycles. The molecular weight excluding hydrogens is 372 g/mol. The van der Waals surface area contributed by atoms with Crippen LogP contribution in [-0.4, -0.2) is 37.3 Å². The topological polar surface area (TPSA) is 107 Å².